The van der Waals surface area contributed by atoms with Gasteiger partial charge in [0, 0.05) is 23.6 Å². The van der Waals surface area contributed by atoms with Gasteiger partial charge in [-0.3, -0.25) is 10.0 Å². The molecule has 1 amide bonds. The lowest BCUT2D eigenvalue weighted by molar-refractivity contribution is -0.130. The molecule has 0 saturated carbocycles. The fraction of sp³-hybridized carbons (Fsp3) is 0.167. The van der Waals surface area contributed by atoms with E-state index in [0.717, 1.165) is 28.6 Å². The summed E-state index contributed by atoms with van der Waals surface area (Å²) in [4.78, 5) is 11.4. The average molecular weight is 345 g/mol. The van der Waals surface area contributed by atoms with Crippen molar-refractivity contribution in [1.29, 1.82) is 0 Å². The summed E-state index contributed by atoms with van der Waals surface area (Å²) in [5.74, 6) is -2.45. The maximum atomic E-state index is 13.4. The summed E-state index contributed by atoms with van der Waals surface area (Å²) in [5, 5.41) is 9.60. The van der Waals surface area contributed by atoms with Gasteiger partial charge in [0.05, 0.1) is 6.04 Å². The van der Waals surface area contributed by atoms with Gasteiger partial charge < -0.3 is 10.3 Å². The molecule has 0 aliphatic heterocycles. The highest BCUT2D eigenvalue weighted by Gasteiger charge is 2.17. The largest absolute Gasteiger partial charge is 0.343 e. The maximum Gasteiger partial charge on any atom is 0.260 e. The molecule has 3 rings (SSSR count). The van der Waals surface area contributed by atoms with Crippen molar-refractivity contribution in [2.45, 2.75) is 19.0 Å². The summed E-state index contributed by atoms with van der Waals surface area (Å²) >= 11 is 0. The summed E-state index contributed by atoms with van der Waals surface area (Å²) in [5.41, 5.74) is 9.65. The number of benzene rings is 2. The SMILES string of the molecule is N[C@H](Cc1cn(Cc2ccc(F)c(F)c2)c2ccccc12)C(=O)NO. The molecule has 0 unspecified atom stereocenters. The molecule has 0 aliphatic rings. The lowest BCUT2D eigenvalue weighted by atomic mass is 10.1. The number of para-hydroxylation sites is 1. The van der Waals surface area contributed by atoms with Crippen LogP contribution in [0.25, 0.3) is 10.9 Å². The van der Waals surface area contributed by atoms with Crippen molar-refractivity contribution in [1.82, 2.24) is 10.0 Å². The Morgan fingerprint density at radius 2 is 1.96 bits per heavy atom. The molecule has 7 heteroatoms. The van der Waals surface area contributed by atoms with Crippen molar-refractivity contribution in [2.24, 2.45) is 5.73 Å². The second-order valence-electron chi connectivity index (χ2n) is 5.83. The summed E-state index contributed by atoms with van der Waals surface area (Å²) < 4.78 is 28.4. The standard InChI is InChI=1S/C18H17F2N3O2/c19-14-6-5-11(7-15(14)20)9-23-10-12(8-16(21)18(24)22-25)13-3-1-2-4-17(13)23/h1-7,10,16,25H,8-9,21H2,(H,22,24)/t16-/m1/s1. The van der Waals surface area contributed by atoms with E-state index >= 15 is 0 Å². The third-order valence-corrected chi connectivity index (χ3v) is 4.09. The smallest absolute Gasteiger partial charge is 0.260 e. The first-order chi connectivity index (χ1) is 12.0. The zero-order chi connectivity index (χ0) is 18.0. The minimum atomic E-state index is -0.896. The number of carbonyl (C=O) groups is 1. The van der Waals surface area contributed by atoms with E-state index in [2.05, 4.69) is 0 Å². The summed E-state index contributed by atoms with van der Waals surface area (Å²) in [6.45, 7) is 0.346. The molecule has 1 atom stereocenters. The normalized spacial score (nSPS) is 12.3. The van der Waals surface area contributed by atoms with Crippen LogP contribution in [0.5, 0.6) is 0 Å². The van der Waals surface area contributed by atoms with E-state index < -0.39 is 23.6 Å². The molecular weight excluding hydrogens is 328 g/mol. The highest BCUT2D eigenvalue weighted by molar-refractivity contribution is 5.86. The van der Waals surface area contributed by atoms with E-state index in [9.17, 15) is 13.6 Å². The minimum Gasteiger partial charge on any atom is -0.343 e. The van der Waals surface area contributed by atoms with Crippen LogP contribution in [0.15, 0.2) is 48.7 Å². The van der Waals surface area contributed by atoms with Gasteiger partial charge in [0.2, 0.25) is 0 Å². The van der Waals surface area contributed by atoms with E-state index in [0.29, 0.717) is 12.1 Å². The Kier molecular flexibility index (Phi) is 4.78. The molecule has 0 fully saturated rings. The molecule has 25 heavy (non-hydrogen) atoms. The molecule has 1 heterocycles. The van der Waals surface area contributed by atoms with E-state index in [1.807, 2.05) is 35.0 Å². The Labute approximate surface area is 142 Å². The predicted octanol–water partition coefficient (Wildman–Crippen LogP) is 2.34. The van der Waals surface area contributed by atoms with Gasteiger partial charge >= 0.3 is 0 Å². The third kappa shape index (κ3) is 3.52. The van der Waals surface area contributed by atoms with E-state index in [-0.39, 0.29) is 6.42 Å². The number of rotatable bonds is 5. The molecule has 5 nitrogen and oxygen atoms in total. The summed E-state index contributed by atoms with van der Waals surface area (Å²) in [7, 11) is 0. The van der Waals surface area contributed by atoms with Gasteiger partial charge in [-0.05, 0) is 35.7 Å². The van der Waals surface area contributed by atoms with Gasteiger partial charge in [-0.15, -0.1) is 0 Å². The van der Waals surface area contributed by atoms with Crippen molar-refractivity contribution in [3.63, 3.8) is 0 Å². The van der Waals surface area contributed by atoms with Crippen LogP contribution in [-0.4, -0.2) is 21.7 Å². The third-order valence-electron chi connectivity index (χ3n) is 4.09. The van der Waals surface area contributed by atoms with E-state index in [1.54, 1.807) is 5.48 Å². The van der Waals surface area contributed by atoms with Gasteiger partial charge in [-0.25, -0.2) is 14.3 Å². The number of nitrogens with one attached hydrogen (secondary N) is 1. The van der Waals surface area contributed by atoms with Crippen molar-refractivity contribution < 1.29 is 18.8 Å². The molecule has 3 aromatic rings. The predicted molar refractivity (Wildman–Crippen MR) is 89.0 cm³/mol. The molecule has 0 bridgehead atoms. The van der Waals surface area contributed by atoms with E-state index in [4.69, 9.17) is 10.9 Å². The molecular formula is C18H17F2N3O2. The van der Waals surface area contributed by atoms with Gasteiger partial charge in [0.1, 0.15) is 0 Å². The first-order valence-corrected chi connectivity index (χ1v) is 7.70. The molecule has 130 valence electrons. The molecule has 0 saturated heterocycles. The van der Waals surface area contributed by atoms with Crippen molar-refractivity contribution in [2.75, 3.05) is 0 Å². The van der Waals surface area contributed by atoms with Gasteiger partial charge in [0.25, 0.3) is 5.91 Å². The Morgan fingerprint density at radius 1 is 1.20 bits per heavy atom. The number of halogens is 2. The molecule has 1 aromatic heterocycles. The van der Waals surface area contributed by atoms with Crippen LogP contribution in [0, 0.1) is 11.6 Å². The zero-order valence-electron chi connectivity index (χ0n) is 13.2. The van der Waals surface area contributed by atoms with Crippen molar-refractivity contribution in [3.05, 3.63) is 71.4 Å². The number of hydrogen-bond donors (Lipinski definition) is 3. The minimum absolute atomic E-state index is 0.234. The fourth-order valence-corrected chi connectivity index (χ4v) is 2.86. The number of aromatic nitrogens is 1. The number of amides is 1. The van der Waals surface area contributed by atoms with Gasteiger partial charge in [0.15, 0.2) is 11.6 Å². The first kappa shape index (κ1) is 17.1. The van der Waals surface area contributed by atoms with E-state index in [1.165, 1.54) is 6.07 Å². The second kappa shape index (κ2) is 7.00. The molecule has 4 N–H and O–H groups in total. The average Bonchev–Trinajstić information content (AvgIpc) is 2.95. The van der Waals surface area contributed by atoms with Crippen LogP contribution in [0.1, 0.15) is 11.1 Å². The van der Waals surface area contributed by atoms with Crippen LogP contribution >= 0.6 is 0 Å². The topological polar surface area (TPSA) is 80.3 Å². The number of carbonyl (C=O) groups excluding carboxylic acids is 1. The van der Waals surface area contributed by atoms with Crippen LogP contribution in [-0.2, 0) is 17.8 Å². The maximum absolute atomic E-state index is 13.4. The van der Waals surface area contributed by atoms with Gasteiger partial charge in [-0.1, -0.05) is 24.3 Å². The molecule has 0 aliphatic carbocycles. The fourth-order valence-electron chi connectivity index (χ4n) is 2.86. The summed E-state index contributed by atoms with van der Waals surface area (Å²) in [6.07, 6.45) is 2.06. The van der Waals surface area contributed by atoms with Gasteiger partial charge in [-0.2, -0.15) is 0 Å². The Morgan fingerprint density at radius 3 is 2.68 bits per heavy atom. The summed E-state index contributed by atoms with van der Waals surface area (Å²) in [6, 6.07) is 10.4. The van der Waals surface area contributed by atoms with Crippen LogP contribution < -0.4 is 11.2 Å². The number of nitrogens with zero attached hydrogens (tertiary/aromatic N) is 1. The van der Waals surface area contributed by atoms with Crippen LogP contribution in [0.4, 0.5) is 8.78 Å². The number of hydroxylamine groups is 1. The Bertz CT molecular complexity index is 924. The monoisotopic (exact) mass is 345 g/mol. The van der Waals surface area contributed by atoms with Crippen LogP contribution in [0.2, 0.25) is 0 Å². The molecule has 0 spiro atoms. The quantitative estimate of drug-likeness (QED) is 0.490. The van der Waals surface area contributed by atoms with Crippen molar-refractivity contribution >= 4 is 16.8 Å². The molecule has 2 aromatic carbocycles. The zero-order valence-corrected chi connectivity index (χ0v) is 13.2. The Balaban J connectivity index is 1.95. The lowest BCUT2D eigenvalue weighted by Gasteiger charge is -2.08. The Hall–Kier alpha value is -2.77. The number of fused-ring (bicyclic) bond motifs is 1. The van der Waals surface area contributed by atoms with Crippen LogP contribution in [0.3, 0.4) is 0 Å². The first-order valence-electron chi connectivity index (χ1n) is 7.70. The number of hydrogen-bond acceptors (Lipinski definition) is 3. The number of nitrogens with two attached hydrogens (primary N) is 1. The highest BCUT2D eigenvalue weighted by Crippen LogP contribution is 2.24. The lowest BCUT2D eigenvalue weighted by Crippen LogP contribution is -2.40. The second-order valence-corrected chi connectivity index (χ2v) is 5.83. The molecule has 0 radical (unpaired) electrons. The van der Waals surface area contributed by atoms with Crippen molar-refractivity contribution in [3.8, 4) is 0 Å². The highest BCUT2D eigenvalue weighted by atomic mass is 19.2.